The van der Waals surface area contributed by atoms with Gasteiger partial charge in [-0.1, -0.05) is 41.9 Å². The van der Waals surface area contributed by atoms with Crippen LogP contribution < -0.4 is 5.32 Å². The standard InChI is InChI=1S/C15H10ClN3OS/c16-12-8-6-10(7-9-12)13(20)17-15-18-14(21-19-15)11-4-2-1-3-5-11/h1-9H,(H,17,19,20). The van der Waals surface area contributed by atoms with Crippen molar-refractivity contribution in [1.82, 2.24) is 9.36 Å². The first kappa shape index (κ1) is 13.7. The van der Waals surface area contributed by atoms with Crippen LogP contribution in [0.3, 0.4) is 0 Å². The lowest BCUT2D eigenvalue weighted by molar-refractivity contribution is 0.102. The molecule has 104 valence electrons. The zero-order chi connectivity index (χ0) is 14.7. The molecule has 0 atom stereocenters. The summed E-state index contributed by atoms with van der Waals surface area (Å²) in [5.41, 5.74) is 1.48. The number of amides is 1. The molecule has 1 N–H and O–H groups in total. The highest BCUT2D eigenvalue weighted by Gasteiger charge is 2.11. The first-order valence-corrected chi connectivity index (χ1v) is 7.33. The minimum Gasteiger partial charge on any atom is -0.290 e. The molecule has 21 heavy (non-hydrogen) atoms. The van der Waals surface area contributed by atoms with Crippen LogP contribution in [0.5, 0.6) is 0 Å². The fourth-order valence-electron chi connectivity index (χ4n) is 1.75. The van der Waals surface area contributed by atoms with E-state index < -0.39 is 0 Å². The second-order valence-electron chi connectivity index (χ2n) is 4.25. The largest absolute Gasteiger partial charge is 0.290 e. The highest BCUT2D eigenvalue weighted by molar-refractivity contribution is 7.09. The van der Waals surface area contributed by atoms with Crippen molar-refractivity contribution in [1.29, 1.82) is 0 Å². The van der Waals surface area contributed by atoms with Gasteiger partial charge in [0, 0.05) is 16.1 Å². The lowest BCUT2D eigenvalue weighted by Crippen LogP contribution is -2.12. The molecular weight excluding hydrogens is 306 g/mol. The van der Waals surface area contributed by atoms with Crippen molar-refractivity contribution < 1.29 is 4.79 Å². The second-order valence-corrected chi connectivity index (χ2v) is 5.44. The molecule has 0 bridgehead atoms. The number of carbonyl (C=O) groups is 1. The zero-order valence-electron chi connectivity index (χ0n) is 10.8. The van der Waals surface area contributed by atoms with Crippen LogP contribution >= 0.6 is 23.1 Å². The van der Waals surface area contributed by atoms with Gasteiger partial charge in [0.25, 0.3) is 5.91 Å². The van der Waals surface area contributed by atoms with Gasteiger partial charge in [0.05, 0.1) is 0 Å². The quantitative estimate of drug-likeness (QED) is 0.791. The van der Waals surface area contributed by atoms with Gasteiger partial charge >= 0.3 is 0 Å². The number of carbonyl (C=O) groups excluding carboxylic acids is 1. The third-order valence-electron chi connectivity index (χ3n) is 2.78. The van der Waals surface area contributed by atoms with E-state index in [0.29, 0.717) is 16.5 Å². The third-order valence-corrected chi connectivity index (χ3v) is 3.79. The maximum absolute atomic E-state index is 12.0. The van der Waals surface area contributed by atoms with E-state index in [1.165, 1.54) is 11.5 Å². The number of hydrogen-bond donors (Lipinski definition) is 1. The molecule has 0 unspecified atom stereocenters. The van der Waals surface area contributed by atoms with Crippen molar-refractivity contribution in [2.24, 2.45) is 0 Å². The summed E-state index contributed by atoms with van der Waals surface area (Å²) in [7, 11) is 0. The molecule has 2 aromatic carbocycles. The molecule has 0 aliphatic carbocycles. The Morgan fingerprint density at radius 1 is 1.05 bits per heavy atom. The van der Waals surface area contributed by atoms with E-state index in [-0.39, 0.29) is 5.91 Å². The van der Waals surface area contributed by atoms with Crippen molar-refractivity contribution in [2.45, 2.75) is 0 Å². The Hall–Kier alpha value is -2.24. The van der Waals surface area contributed by atoms with Crippen LogP contribution in [-0.2, 0) is 0 Å². The summed E-state index contributed by atoms with van der Waals surface area (Å²) in [4.78, 5) is 16.4. The van der Waals surface area contributed by atoms with Gasteiger partial charge in [0.2, 0.25) is 5.95 Å². The van der Waals surface area contributed by atoms with Gasteiger partial charge in [-0.25, -0.2) is 0 Å². The summed E-state index contributed by atoms with van der Waals surface area (Å²) >= 11 is 7.04. The molecule has 4 nitrogen and oxygen atoms in total. The van der Waals surface area contributed by atoms with Crippen LogP contribution in [0.4, 0.5) is 5.95 Å². The van der Waals surface area contributed by atoms with E-state index in [0.717, 1.165) is 10.6 Å². The Kier molecular flexibility index (Phi) is 3.94. The molecule has 0 spiro atoms. The first-order valence-electron chi connectivity index (χ1n) is 6.18. The van der Waals surface area contributed by atoms with Crippen molar-refractivity contribution in [3.8, 4) is 10.6 Å². The van der Waals surface area contributed by atoms with Crippen LogP contribution in [0.2, 0.25) is 5.02 Å². The number of hydrogen-bond acceptors (Lipinski definition) is 4. The van der Waals surface area contributed by atoms with Gasteiger partial charge in [-0.15, -0.1) is 0 Å². The van der Waals surface area contributed by atoms with E-state index in [9.17, 15) is 4.79 Å². The van der Waals surface area contributed by atoms with E-state index in [1.807, 2.05) is 30.3 Å². The molecule has 0 saturated heterocycles. The van der Waals surface area contributed by atoms with E-state index in [1.54, 1.807) is 24.3 Å². The lowest BCUT2D eigenvalue weighted by atomic mass is 10.2. The van der Waals surface area contributed by atoms with Crippen molar-refractivity contribution >= 4 is 35.0 Å². The number of anilines is 1. The predicted molar refractivity (Wildman–Crippen MR) is 84.8 cm³/mol. The number of aromatic nitrogens is 2. The molecule has 0 radical (unpaired) electrons. The van der Waals surface area contributed by atoms with E-state index in [2.05, 4.69) is 14.7 Å². The second kappa shape index (κ2) is 6.03. The average Bonchev–Trinajstić information content (AvgIpc) is 2.97. The summed E-state index contributed by atoms with van der Waals surface area (Å²) in [6.07, 6.45) is 0. The van der Waals surface area contributed by atoms with Crippen LogP contribution in [0.25, 0.3) is 10.6 Å². The van der Waals surface area contributed by atoms with E-state index in [4.69, 9.17) is 11.6 Å². The monoisotopic (exact) mass is 315 g/mol. The fraction of sp³-hybridized carbons (Fsp3) is 0. The summed E-state index contributed by atoms with van der Waals surface area (Å²) < 4.78 is 4.15. The highest BCUT2D eigenvalue weighted by Crippen LogP contribution is 2.22. The minimum absolute atomic E-state index is 0.260. The number of nitrogens with one attached hydrogen (secondary N) is 1. The smallest absolute Gasteiger partial charge is 0.258 e. The first-order chi connectivity index (χ1) is 10.2. The Morgan fingerprint density at radius 2 is 1.76 bits per heavy atom. The number of rotatable bonds is 3. The Balaban J connectivity index is 1.75. The summed E-state index contributed by atoms with van der Waals surface area (Å²) in [5.74, 6) is 0.0443. The lowest BCUT2D eigenvalue weighted by Gasteiger charge is -2.00. The summed E-state index contributed by atoms with van der Waals surface area (Å²) in [6, 6.07) is 16.3. The number of benzene rings is 2. The van der Waals surface area contributed by atoms with Gasteiger partial charge in [0.1, 0.15) is 5.01 Å². The van der Waals surface area contributed by atoms with Crippen molar-refractivity contribution in [3.05, 3.63) is 65.2 Å². The molecule has 3 aromatic rings. The Bertz CT molecular complexity index is 756. The molecular formula is C15H10ClN3OS. The maximum Gasteiger partial charge on any atom is 0.258 e. The molecule has 1 aromatic heterocycles. The van der Waals surface area contributed by atoms with Crippen LogP contribution in [0, 0.1) is 0 Å². The van der Waals surface area contributed by atoms with Gasteiger partial charge in [0.15, 0.2) is 0 Å². The highest BCUT2D eigenvalue weighted by atomic mass is 35.5. The van der Waals surface area contributed by atoms with Crippen LogP contribution in [0.15, 0.2) is 54.6 Å². The number of nitrogens with zero attached hydrogens (tertiary/aromatic N) is 2. The average molecular weight is 316 g/mol. The summed E-state index contributed by atoms with van der Waals surface area (Å²) in [5, 5.41) is 4.03. The van der Waals surface area contributed by atoms with E-state index >= 15 is 0 Å². The Labute approximate surface area is 130 Å². The van der Waals surface area contributed by atoms with Crippen LogP contribution in [-0.4, -0.2) is 15.3 Å². The molecule has 0 aliphatic rings. The van der Waals surface area contributed by atoms with Gasteiger partial charge in [-0.05, 0) is 35.8 Å². The molecule has 1 heterocycles. The fourth-order valence-corrected chi connectivity index (χ4v) is 2.50. The SMILES string of the molecule is O=C(Nc1nsc(-c2ccccc2)n1)c1ccc(Cl)cc1. The molecule has 3 rings (SSSR count). The van der Waals surface area contributed by atoms with Gasteiger partial charge in [-0.3, -0.25) is 10.1 Å². The maximum atomic E-state index is 12.0. The van der Waals surface area contributed by atoms with Gasteiger partial charge in [-0.2, -0.15) is 9.36 Å². The normalized spacial score (nSPS) is 10.3. The third kappa shape index (κ3) is 3.26. The molecule has 0 aliphatic heterocycles. The number of halogens is 1. The van der Waals surface area contributed by atoms with Crippen molar-refractivity contribution in [2.75, 3.05) is 5.32 Å². The Morgan fingerprint density at radius 3 is 2.48 bits per heavy atom. The molecule has 0 saturated carbocycles. The van der Waals surface area contributed by atoms with Crippen molar-refractivity contribution in [3.63, 3.8) is 0 Å². The minimum atomic E-state index is -0.260. The summed E-state index contributed by atoms with van der Waals surface area (Å²) in [6.45, 7) is 0. The topological polar surface area (TPSA) is 54.9 Å². The predicted octanol–water partition coefficient (Wildman–Crippen LogP) is 4.11. The molecule has 6 heteroatoms. The zero-order valence-corrected chi connectivity index (χ0v) is 12.4. The molecule has 0 fully saturated rings. The van der Waals surface area contributed by atoms with Crippen LogP contribution in [0.1, 0.15) is 10.4 Å². The molecule has 1 amide bonds. The van der Waals surface area contributed by atoms with Gasteiger partial charge < -0.3 is 0 Å².